The first kappa shape index (κ1) is 20.0. The van der Waals surface area contributed by atoms with Crippen LogP contribution in [0.15, 0.2) is 77.7 Å². The molecule has 0 saturated carbocycles. The highest BCUT2D eigenvalue weighted by atomic mass is 16.1. The van der Waals surface area contributed by atoms with E-state index in [1.54, 1.807) is 4.57 Å². The Morgan fingerprint density at radius 1 is 0.933 bits per heavy atom. The Hall–Kier alpha value is -3.34. The Balaban J connectivity index is 1.36. The highest BCUT2D eigenvalue weighted by Crippen LogP contribution is 2.15. The van der Waals surface area contributed by atoms with Crippen LogP contribution in [0.25, 0.3) is 16.6 Å². The van der Waals surface area contributed by atoms with Crippen molar-refractivity contribution in [3.8, 4) is 0 Å². The van der Waals surface area contributed by atoms with E-state index < -0.39 is 0 Å². The fraction of sp³-hybridized carbons (Fsp3) is 0.280. The summed E-state index contributed by atoms with van der Waals surface area (Å²) in [5.74, 6) is 0.0386. The third kappa shape index (κ3) is 4.30. The molecule has 1 amide bonds. The number of nitrogens with one attached hydrogen (secondary N) is 1. The summed E-state index contributed by atoms with van der Waals surface area (Å²) in [4.78, 5) is 25.3. The average Bonchev–Trinajstić information content (AvgIpc) is 3.26. The van der Waals surface area contributed by atoms with Crippen molar-refractivity contribution in [3.63, 3.8) is 0 Å². The molecule has 0 fully saturated rings. The average molecular weight is 402 g/mol. The second-order valence-corrected chi connectivity index (χ2v) is 7.81. The molecule has 1 unspecified atom stereocenters. The molecule has 1 atom stereocenters. The van der Waals surface area contributed by atoms with Crippen LogP contribution in [0.5, 0.6) is 0 Å². The van der Waals surface area contributed by atoms with Crippen LogP contribution in [0.4, 0.5) is 0 Å². The number of amides is 1. The lowest BCUT2D eigenvalue weighted by molar-refractivity contribution is -0.121. The first-order valence-electron chi connectivity index (χ1n) is 10.6. The first-order chi connectivity index (χ1) is 14.6. The summed E-state index contributed by atoms with van der Waals surface area (Å²) in [6, 6.07) is 22.0. The Morgan fingerprint density at radius 3 is 2.43 bits per heavy atom. The molecule has 154 valence electrons. The number of nitrogens with zero attached hydrogens (tertiary/aromatic N) is 2. The van der Waals surface area contributed by atoms with Gasteiger partial charge >= 0.3 is 0 Å². The van der Waals surface area contributed by atoms with Crippen molar-refractivity contribution in [2.75, 3.05) is 0 Å². The SMILES string of the molecule is CC(CCc1ccccc1)NC(=O)CCCn1c(=O)c2cccn2c2ccccc21. The number of hydrogen-bond acceptors (Lipinski definition) is 2. The first-order valence-corrected chi connectivity index (χ1v) is 10.6. The maximum atomic E-state index is 12.9. The van der Waals surface area contributed by atoms with Gasteiger partial charge in [-0.25, -0.2) is 0 Å². The number of rotatable bonds is 8. The van der Waals surface area contributed by atoms with Crippen molar-refractivity contribution in [1.82, 2.24) is 14.3 Å². The molecule has 30 heavy (non-hydrogen) atoms. The van der Waals surface area contributed by atoms with Gasteiger partial charge in [-0.15, -0.1) is 0 Å². The Morgan fingerprint density at radius 2 is 1.63 bits per heavy atom. The van der Waals surface area contributed by atoms with Crippen molar-refractivity contribution in [2.45, 2.75) is 45.2 Å². The second-order valence-electron chi connectivity index (χ2n) is 7.81. The predicted octanol–water partition coefficient (Wildman–Crippen LogP) is 4.17. The summed E-state index contributed by atoms with van der Waals surface area (Å²) in [6.07, 6.45) is 4.79. The van der Waals surface area contributed by atoms with Crippen molar-refractivity contribution < 1.29 is 4.79 Å². The van der Waals surface area contributed by atoms with Gasteiger partial charge in [0.05, 0.1) is 11.0 Å². The Labute approximate surface area is 176 Å². The third-order valence-corrected chi connectivity index (χ3v) is 5.55. The Kier molecular flexibility index (Phi) is 5.98. The highest BCUT2D eigenvalue weighted by Gasteiger charge is 2.12. The van der Waals surface area contributed by atoms with Crippen LogP contribution in [-0.4, -0.2) is 20.9 Å². The number of para-hydroxylation sites is 2. The van der Waals surface area contributed by atoms with Crippen molar-refractivity contribution in [1.29, 1.82) is 0 Å². The monoisotopic (exact) mass is 401 g/mol. The van der Waals surface area contributed by atoms with E-state index in [0.717, 1.165) is 23.9 Å². The van der Waals surface area contributed by atoms with Crippen LogP contribution in [0.3, 0.4) is 0 Å². The number of benzene rings is 2. The van der Waals surface area contributed by atoms with E-state index in [2.05, 4.69) is 17.4 Å². The summed E-state index contributed by atoms with van der Waals surface area (Å²) in [5, 5.41) is 3.08. The molecule has 2 aromatic heterocycles. The smallest absolute Gasteiger partial charge is 0.275 e. The molecule has 0 spiro atoms. The largest absolute Gasteiger partial charge is 0.354 e. The van der Waals surface area contributed by atoms with Crippen LogP contribution >= 0.6 is 0 Å². The second kappa shape index (κ2) is 8.99. The van der Waals surface area contributed by atoms with Crippen molar-refractivity contribution in [3.05, 3.63) is 88.8 Å². The molecular weight excluding hydrogens is 374 g/mol. The van der Waals surface area contributed by atoms with Gasteiger partial charge in [0.2, 0.25) is 5.91 Å². The molecule has 4 rings (SSSR count). The predicted molar refractivity (Wildman–Crippen MR) is 121 cm³/mol. The molecule has 2 aromatic carbocycles. The van der Waals surface area contributed by atoms with Gasteiger partial charge in [-0.1, -0.05) is 42.5 Å². The minimum absolute atomic E-state index is 0.0182. The van der Waals surface area contributed by atoms with E-state index in [1.165, 1.54) is 5.56 Å². The van der Waals surface area contributed by atoms with Gasteiger partial charge in [0.15, 0.2) is 0 Å². The van der Waals surface area contributed by atoms with Crippen LogP contribution < -0.4 is 10.9 Å². The fourth-order valence-corrected chi connectivity index (χ4v) is 3.98. The quantitative estimate of drug-likeness (QED) is 0.482. The maximum absolute atomic E-state index is 12.9. The number of carbonyl (C=O) groups is 1. The Bertz CT molecular complexity index is 1210. The van der Waals surface area contributed by atoms with Crippen LogP contribution in [0, 0.1) is 0 Å². The zero-order valence-electron chi connectivity index (χ0n) is 17.3. The molecule has 0 saturated heterocycles. The van der Waals surface area contributed by atoms with Crippen molar-refractivity contribution in [2.24, 2.45) is 0 Å². The number of hydrogen-bond donors (Lipinski definition) is 1. The van der Waals surface area contributed by atoms with Gasteiger partial charge in [-0.2, -0.15) is 0 Å². The number of aryl methyl sites for hydroxylation is 2. The third-order valence-electron chi connectivity index (χ3n) is 5.55. The zero-order valence-corrected chi connectivity index (χ0v) is 17.3. The number of fused-ring (bicyclic) bond motifs is 3. The molecule has 0 aliphatic carbocycles. The van der Waals surface area contributed by atoms with Gasteiger partial charge in [0, 0.05) is 25.2 Å². The lowest BCUT2D eigenvalue weighted by Crippen LogP contribution is -2.33. The van der Waals surface area contributed by atoms with Gasteiger partial charge in [-0.05, 0) is 56.0 Å². The summed E-state index contributed by atoms with van der Waals surface area (Å²) < 4.78 is 3.71. The summed E-state index contributed by atoms with van der Waals surface area (Å²) >= 11 is 0. The maximum Gasteiger partial charge on any atom is 0.275 e. The van der Waals surface area contributed by atoms with Crippen LogP contribution in [-0.2, 0) is 17.8 Å². The normalized spacial score (nSPS) is 12.3. The van der Waals surface area contributed by atoms with Crippen molar-refractivity contribution >= 4 is 22.5 Å². The van der Waals surface area contributed by atoms with Gasteiger partial charge in [0.1, 0.15) is 5.52 Å². The molecule has 0 radical (unpaired) electrons. The van der Waals surface area contributed by atoms with Crippen LogP contribution in [0.2, 0.25) is 0 Å². The van der Waals surface area contributed by atoms with Crippen LogP contribution in [0.1, 0.15) is 31.7 Å². The van der Waals surface area contributed by atoms with E-state index in [4.69, 9.17) is 0 Å². The summed E-state index contributed by atoms with van der Waals surface area (Å²) in [5.41, 5.74) is 3.81. The summed E-state index contributed by atoms with van der Waals surface area (Å²) in [7, 11) is 0. The van der Waals surface area contributed by atoms with E-state index >= 15 is 0 Å². The molecule has 5 heteroatoms. The van der Waals surface area contributed by atoms with E-state index in [0.29, 0.717) is 24.9 Å². The topological polar surface area (TPSA) is 55.5 Å². The van der Waals surface area contributed by atoms with Gasteiger partial charge in [-0.3, -0.25) is 9.59 Å². The minimum Gasteiger partial charge on any atom is -0.354 e. The molecule has 4 aromatic rings. The number of aromatic nitrogens is 2. The molecule has 0 bridgehead atoms. The fourth-order valence-electron chi connectivity index (χ4n) is 3.98. The van der Waals surface area contributed by atoms with E-state index in [1.807, 2.05) is 72.1 Å². The standard InChI is InChI=1S/C25H27N3O2/c1-19(15-16-20-9-3-2-4-10-20)26-24(29)14-8-18-28-22-12-6-5-11-21(22)27-17-7-13-23(27)25(28)30/h2-7,9-13,17,19H,8,14-16,18H2,1H3,(H,26,29). The zero-order chi connectivity index (χ0) is 20.9. The van der Waals surface area contributed by atoms with Gasteiger partial charge in [0.25, 0.3) is 5.56 Å². The van der Waals surface area contributed by atoms with E-state index in [-0.39, 0.29) is 17.5 Å². The molecule has 0 aliphatic rings. The highest BCUT2D eigenvalue weighted by molar-refractivity contribution is 5.79. The molecule has 1 N–H and O–H groups in total. The molecule has 5 nitrogen and oxygen atoms in total. The lowest BCUT2D eigenvalue weighted by atomic mass is 10.1. The molecule has 0 aliphatic heterocycles. The van der Waals surface area contributed by atoms with E-state index in [9.17, 15) is 9.59 Å². The van der Waals surface area contributed by atoms with Gasteiger partial charge < -0.3 is 14.3 Å². The molecule has 2 heterocycles. The summed E-state index contributed by atoms with van der Waals surface area (Å²) in [6.45, 7) is 2.56. The minimum atomic E-state index is -0.0182. The number of carbonyl (C=O) groups excluding carboxylic acids is 1. The molecular formula is C25H27N3O2. The lowest BCUT2D eigenvalue weighted by Gasteiger charge is -2.15.